The van der Waals surface area contributed by atoms with Crippen LogP contribution in [-0.2, 0) is 4.79 Å². The lowest BCUT2D eigenvalue weighted by Gasteiger charge is -2.04. The summed E-state index contributed by atoms with van der Waals surface area (Å²) in [5.74, 6) is -2.28. The number of carboxylic acids is 1. The molecule has 7 heteroatoms. The summed E-state index contributed by atoms with van der Waals surface area (Å²) in [6.45, 7) is 2.96. The molecule has 2 nitrogen and oxygen atoms in total. The van der Waals surface area contributed by atoms with Crippen LogP contribution in [0.1, 0.15) is 13.8 Å². The van der Waals surface area contributed by atoms with Crippen LogP contribution in [0.5, 0.6) is 0 Å². The summed E-state index contributed by atoms with van der Waals surface area (Å²) in [7, 11) is 0. The standard InChI is InChI=1S/C9H9Cl2F3O2/c1-7(2)4(8(7,11)6(15)16)3-5(10)9(12,13)14/h3-4H,1-2H3,(H,15,16)/b5-3+/t4-,8-/m0/s1. The number of carbonyl (C=O) groups is 1. The van der Waals surface area contributed by atoms with Crippen LogP contribution < -0.4 is 0 Å². The lowest BCUT2D eigenvalue weighted by Crippen LogP contribution is -2.21. The second-order valence-electron chi connectivity index (χ2n) is 4.23. The minimum Gasteiger partial charge on any atom is -0.480 e. The van der Waals surface area contributed by atoms with Crippen molar-refractivity contribution in [3.63, 3.8) is 0 Å². The van der Waals surface area contributed by atoms with Gasteiger partial charge in [0.1, 0.15) is 5.03 Å². The molecule has 1 aliphatic rings. The third kappa shape index (κ3) is 1.80. The van der Waals surface area contributed by atoms with Crippen LogP contribution in [0.2, 0.25) is 0 Å². The molecule has 0 aromatic carbocycles. The molecule has 1 saturated carbocycles. The molecule has 0 aromatic heterocycles. The van der Waals surface area contributed by atoms with Crippen molar-refractivity contribution in [1.82, 2.24) is 0 Å². The second kappa shape index (κ2) is 3.53. The van der Waals surface area contributed by atoms with Crippen molar-refractivity contribution in [2.45, 2.75) is 24.9 Å². The number of aliphatic carboxylic acids is 1. The van der Waals surface area contributed by atoms with Gasteiger partial charge in [0, 0.05) is 11.3 Å². The minimum absolute atomic E-state index is 0.669. The molecule has 0 unspecified atom stereocenters. The van der Waals surface area contributed by atoms with Crippen molar-refractivity contribution in [2.75, 3.05) is 0 Å². The molecule has 0 bridgehead atoms. The summed E-state index contributed by atoms with van der Waals surface area (Å²) in [4.78, 5) is 9.15. The topological polar surface area (TPSA) is 37.3 Å². The molecule has 0 aromatic rings. The van der Waals surface area contributed by atoms with E-state index in [-0.39, 0.29) is 0 Å². The van der Waals surface area contributed by atoms with Crippen molar-refractivity contribution < 1.29 is 23.1 Å². The molecule has 1 aliphatic carbocycles. The Morgan fingerprint density at radius 3 is 2.12 bits per heavy atom. The van der Waals surface area contributed by atoms with Crippen LogP contribution in [-0.4, -0.2) is 22.1 Å². The highest BCUT2D eigenvalue weighted by Gasteiger charge is 2.75. The quantitative estimate of drug-likeness (QED) is 0.785. The number of hydrogen-bond acceptors (Lipinski definition) is 1. The summed E-state index contributed by atoms with van der Waals surface area (Å²) in [5.41, 5.74) is -0.953. The van der Waals surface area contributed by atoms with E-state index in [9.17, 15) is 18.0 Å². The average Bonchev–Trinajstić information content (AvgIpc) is 2.49. The van der Waals surface area contributed by atoms with Crippen LogP contribution in [0.25, 0.3) is 0 Å². The first-order valence-electron chi connectivity index (χ1n) is 4.32. The third-order valence-corrected chi connectivity index (χ3v) is 4.18. The maximum atomic E-state index is 12.2. The molecule has 1 N–H and O–H groups in total. The molecule has 0 heterocycles. The number of allylic oxidation sites excluding steroid dienone is 2. The van der Waals surface area contributed by atoms with Crippen molar-refractivity contribution in [1.29, 1.82) is 0 Å². The van der Waals surface area contributed by atoms with Gasteiger partial charge in [-0.3, -0.25) is 4.79 Å². The van der Waals surface area contributed by atoms with Gasteiger partial charge in [0.25, 0.3) is 0 Å². The first kappa shape index (κ1) is 13.6. The van der Waals surface area contributed by atoms with E-state index in [0.29, 0.717) is 6.08 Å². The number of hydrogen-bond donors (Lipinski definition) is 1. The molecular weight excluding hydrogens is 268 g/mol. The van der Waals surface area contributed by atoms with Gasteiger partial charge in [0.15, 0.2) is 4.87 Å². The van der Waals surface area contributed by atoms with Gasteiger partial charge in [-0.1, -0.05) is 31.5 Å². The van der Waals surface area contributed by atoms with Gasteiger partial charge in [-0.15, -0.1) is 11.6 Å². The molecular formula is C9H9Cl2F3O2. The zero-order valence-corrected chi connectivity index (χ0v) is 9.91. The highest BCUT2D eigenvalue weighted by molar-refractivity contribution is 6.38. The molecule has 1 fully saturated rings. The van der Waals surface area contributed by atoms with Gasteiger partial charge >= 0.3 is 12.1 Å². The molecule has 2 atom stereocenters. The summed E-state index contributed by atoms with van der Waals surface area (Å²) in [5, 5.41) is 7.51. The smallest absolute Gasteiger partial charge is 0.426 e. The SMILES string of the molecule is CC1(C)[C@H](/C=C(/Cl)C(F)(F)F)[C@]1(Cl)C(=O)O. The molecule has 0 saturated heterocycles. The Kier molecular flexibility index (Phi) is 3.01. The van der Waals surface area contributed by atoms with E-state index in [4.69, 9.17) is 28.3 Å². The van der Waals surface area contributed by atoms with E-state index >= 15 is 0 Å². The van der Waals surface area contributed by atoms with Gasteiger partial charge in [-0.2, -0.15) is 13.2 Å². The van der Waals surface area contributed by atoms with Gasteiger partial charge in [0.05, 0.1) is 0 Å². The molecule has 0 spiro atoms. The minimum atomic E-state index is -4.67. The highest BCUT2D eigenvalue weighted by atomic mass is 35.5. The number of alkyl halides is 4. The van der Waals surface area contributed by atoms with Crippen LogP contribution in [0.4, 0.5) is 13.2 Å². The summed E-state index contributed by atoms with van der Waals surface area (Å²) in [6, 6.07) is 0. The molecule has 0 amide bonds. The fourth-order valence-electron chi connectivity index (χ4n) is 1.72. The number of carboxylic acid groups (broad SMARTS) is 1. The maximum absolute atomic E-state index is 12.2. The van der Waals surface area contributed by atoms with Crippen LogP contribution in [0, 0.1) is 11.3 Å². The van der Waals surface area contributed by atoms with Gasteiger partial charge in [0.2, 0.25) is 0 Å². The largest absolute Gasteiger partial charge is 0.480 e. The Balaban J connectivity index is 3.00. The van der Waals surface area contributed by atoms with E-state index in [1.54, 1.807) is 0 Å². The monoisotopic (exact) mass is 276 g/mol. The summed E-state index contributed by atoms with van der Waals surface area (Å²) < 4.78 is 36.5. The second-order valence-corrected chi connectivity index (χ2v) is 5.23. The van der Waals surface area contributed by atoms with E-state index < -0.39 is 33.4 Å². The number of halogens is 5. The van der Waals surface area contributed by atoms with Crippen LogP contribution in [0.3, 0.4) is 0 Å². The zero-order valence-electron chi connectivity index (χ0n) is 8.40. The maximum Gasteiger partial charge on any atom is 0.426 e. The van der Waals surface area contributed by atoms with Crippen molar-refractivity contribution in [3.8, 4) is 0 Å². The van der Waals surface area contributed by atoms with E-state index in [0.717, 1.165) is 0 Å². The van der Waals surface area contributed by atoms with Gasteiger partial charge in [-0.05, 0) is 0 Å². The van der Waals surface area contributed by atoms with Crippen molar-refractivity contribution in [2.24, 2.45) is 11.3 Å². The first-order valence-corrected chi connectivity index (χ1v) is 5.08. The summed E-state index contributed by atoms with van der Waals surface area (Å²) in [6.07, 6.45) is -4.00. The molecule has 1 rings (SSSR count). The van der Waals surface area contributed by atoms with Gasteiger partial charge < -0.3 is 5.11 Å². The predicted octanol–water partition coefficient (Wildman–Crippen LogP) is 3.39. The molecule has 92 valence electrons. The Bertz CT molecular complexity index is 362. The van der Waals surface area contributed by atoms with E-state index in [1.165, 1.54) is 13.8 Å². The lowest BCUT2D eigenvalue weighted by atomic mass is 10.1. The molecule has 16 heavy (non-hydrogen) atoms. The normalized spacial score (nSPS) is 33.7. The highest BCUT2D eigenvalue weighted by Crippen LogP contribution is 2.67. The van der Waals surface area contributed by atoms with Crippen molar-refractivity contribution in [3.05, 3.63) is 11.1 Å². The lowest BCUT2D eigenvalue weighted by molar-refractivity contribution is -0.138. The fraction of sp³-hybridized carbons (Fsp3) is 0.667. The molecule has 0 radical (unpaired) electrons. The van der Waals surface area contributed by atoms with Gasteiger partial charge in [-0.25, -0.2) is 0 Å². The molecule has 0 aliphatic heterocycles. The Morgan fingerprint density at radius 1 is 1.44 bits per heavy atom. The van der Waals surface area contributed by atoms with Crippen LogP contribution in [0.15, 0.2) is 11.1 Å². The van der Waals surface area contributed by atoms with Crippen LogP contribution >= 0.6 is 23.2 Å². The Morgan fingerprint density at radius 2 is 1.88 bits per heavy atom. The number of rotatable bonds is 2. The summed E-state index contributed by atoms with van der Waals surface area (Å²) >= 11 is 10.8. The Labute approximate surface area is 100 Å². The Hall–Kier alpha value is -0.420. The van der Waals surface area contributed by atoms with Crippen molar-refractivity contribution >= 4 is 29.2 Å². The average molecular weight is 277 g/mol. The third-order valence-electron chi connectivity index (χ3n) is 2.96. The predicted molar refractivity (Wildman–Crippen MR) is 53.5 cm³/mol. The van der Waals surface area contributed by atoms with E-state index in [2.05, 4.69) is 0 Å². The fourth-order valence-corrected chi connectivity index (χ4v) is 2.25. The first-order chi connectivity index (χ1) is 6.95. The van der Waals surface area contributed by atoms with E-state index in [1.807, 2.05) is 0 Å². The zero-order chi connectivity index (χ0) is 12.9.